The van der Waals surface area contributed by atoms with Gasteiger partial charge in [-0.15, -0.1) is 0 Å². The van der Waals surface area contributed by atoms with Crippen LogP contribution in [-0.2, 0) is 4.74 Å². The van der Waals surface area contributed by atoms with Gasteiger partial charge in [-0.05, 0) is 44.9 Å². The van der Waals surface area contributed by atoms with Crippen molar-refractivity contribution in [2.45, 2.75) is 45.8 Å². The van der Waals surface area contributed by atoms with Crippen LogP contribution in [-0.4, -0.2) is 33.7 Å². The number of hydrogen-bond acceptors (Lipinski definition) is 8. The highest BCUT2D eigenvalue weighted by Crippen LogP contribution is 2.35. The third-order valence-corrected chi connectivity index (χ3v) is 3.73. The molecule has 0 aliphatic carbocycles. The van der Waals surface area contributed by atoms with Gasteiger partial charge in [0.25, 0.3) is 0 Å². The Labute approximate surface area is 168 Å². The van der Waals surface area contributed by atoms with Crippen molar-refractivity contribution in [1.82, 2.24) is 15.3 Å². The first kappa shape index (κ1) is 21.9. The van der Waals surface area contributed by atoms with Crippen LogP contribution in [0.5, 0.6) is 17.5 Å². The molecule has 2 aromatic rings. The molecule has 0 saturated heterocycles. The van der Waals surface area contributed by atoms with Crippen molar-refractivity contribution < 1.29 is 23.9 Å². The lowest BCUT2D eigenvalue weighted by molar-refractivity contribution is -0.387. The molecule has 0 bridgehead atoms. The molecule has 1 N–H and O–H groups in total. The molecular weight excluding hydrogens is 380 g/mol. The molecule has 0 fully saturated rings. The van der Waals surface area contributed by atoms with Crippen LogP contribution in [0, 0.1) is 10.1 Å². The molecule has 29 heavy (non-hydrogen) atoms. The topological polar surface area (TPSA) is 126 Å². The van der Waals surface area contributed by atoms with Gasteiger partial charge in [0.2, 0.25) is 0 Å². The minimum Gasteiger partial charge on any atom is -0.476 e. The Morgan fingerprint density at radius 1 is 1.21 bits per heavy atom. The maximum absolute atomic E-state index is 12.0. The summed E-state index contributed by atoms with van der Waals surface area (Å²) in [6, 6.07) is 6.52. The molecule has 1 aromatic carbocycles. The average Bonchev–Trinajstić information content (AvgIpc) is 2.65. The molecule has 0 aliphatic rings. The third-order valence-electron chi connectivity index (χ3n) is 3.73. The van der Waals surface area contributed by atoms with E-state index in [4.69, 9.17) is 14.2 Å². The zero-order chi connectivity index (χ0) is 21.6. The second kappa shape index (κ2) is 9.18. The number of benzene rings is 1. The standard InChI is InChI=1S/C19H24N4O6/c1-6-14(22-18(24)29-19(2,3)4)12-7-9-13(10-8-12)28-17-15(23(25)26)16(27-5)20-11-21-17/h7-11,14H,6H2,1-5H3,(H,22,24). The number of amides is 1. The summed E-state index contributed by atoms with van der Waals surface area (Å²) in [5.74, 6) is -0.0810. The molecule has 1 atom stereocenters. The van der Waals surface area contributed by atoms with Gasteiger partial charge in [-0.1, -0.05) is 19.1 Å². The van der Waals surface area contributed by atoms with E-state index in [0.29, 0.717) is 12.2 Å². The number of aromatic nitrogens is 2. The Bertz CT molecular complexity index is 864. The van der Waals surface area contributed by atoms with Crippen LogP contribution in [0.15, 0.2) is 30.6 Å². The molecule has 1 heterocycles. The first-order valence-electron chi connectivity index (χ1n) is 8.95. The van der Waals surface area contributed by atoms with E-state index in [1.165, 1.54) is 7.11 Å². The summed E-state index contributed by atoms with van der Waals surface area (Å²) in [6.07, 6.45) is 1.26. The summed E-state index contributed by atoms with van der Waals surface area (Å²) in [7, 11) is 1.27. The van der Waals surface area contributed by atoms with Crippen molar-refractivity contribution in [1.29, 1.82) is 0 Å². The van der Waals surface area contributed by atoms with Gasteiger partial charge >= 0.3 is 23.5 Å². The number of nitrogens with one attached hydrogen (secondary N) is 1. The molecule has 10 nitrogen and oxygen atoms in total. The number of nitro groups is 1. The van der Waals surface area contributed by atoms with Gasteiger partial charge in [0.15, 0.2) is 0 Å². The van der Waals surface area contributed by atoms with Gasteiger partial charge in [-0.3, -0.25) is 10.1 Å². The highest BCUT2D eigenvalue weighted by Gasteiger charge is 2.26. The van der Waals surface area contributed by atoms with Crippen molar-refractivity contribution in [3.8, 4) is 17.5 Å². The number of carbonyl (C=O) groups excluding carboxylic acids is 1. The monoisotopic (exact) mass is 404 g/mol. The molecule has 0 spiro atoms. The highest BCUT2D eigenvalue weighted by atomic mass is 16.6. The molecule has 156 valence electrons. The van der Waals surface area contributed by atoms with E-state index in [2.05, 4.69) is 15.3 Å². The van der Waals surface area contributed by atoms with Crippen LogP contribution >= 0.6 is 0 Å². The quantitative estimate of drug-likeness (QED) is 0.538. The summed E-state index contributed by atoms with van der Waals surface area (Å²) in [5.41, 5.74) is -0.217. The van der Waals surface area contributed by atoms with Gasteiger partial charge in [0, 0.05) is 0 Å². The fourth-order valence-corrected chi connectivity index (χ4v) is 2.48. The van der Waals surface area contributed by atoms with Crippen LogP contribution in [0.3, 0.4) is 0 Å². The Balaban J connectivity index is 2.16. The van der Waals surface area contributed by atoms with E-state index in [-0.39, 0.29) is 17.8 Å². The molecule has 1 amide bonds. The summed E-state index contributed by atoms with van der Waals surface area (Å²) in [5, 5.41) is 14.1. The zero-order valence-corrected chi connectivity index (χ0v) is 17.0. The van der Waals surface area contributed by atoms with E-state index < -0.39 is 22.3 Å². The minimum atomic E-state index is -0.666. The number of methoxy groups -OCH3 is 1. The largest absolute Gasteiger partial charge is 0.476 e. The molecule has 2 rings (SSSR count). The molecule has 0 aliphatic heterocycles. The first-order chi connectivity index (χ1) is 13.6. The van der Waals surface area contributed by atoms with Crippen molar-refractivity contribution in [2.24, 2.45) is 0 Å². The number of carbonyl (C=O) groups is 1. The highest BCUT2D eigenvalue weighted by molar-refractivity contribution is 5.68. The Hall–Kier alpha value is -3.43. The lowest BCUT2D eigenvalue weighted by Crippen LogP contribution is -2.34. The van der Waals surface area contributed by atoms with Gasteiger partial charge in [0.1, 0.15) is 17.7 Å². The van der Waals surface area contributed by atoms with E-state index in [9.17, 15) is 14.9 Å². The normalized spacial score (nSPS) is 12.0. The van der Waals surface area contributed by atoms with Gasteiger partial charge in [-0.2, -0.15) is 9.97 Å². The van der Waals surface area contributed by atoms with E-state index in [1.807, 2.05) is 6.92 Å². The van der Waals surface area contributed by atoms with E-state index in [1.54, 1.807) is 45.0 Å². The minimum absolute atomic E-state index is 0.191. The smallest absolute Gasteiger partial charge is 0.408 e. The second-order valence-corrected chi connectivity index (χ2v) is 7.07. The summed E-state index contributed by atoms with van der Waals surface area (Å²) >= 11 is 0. The van der Waals surface area contributed by atoms with E-state index >= 15 is 0 Å². The number of ether oxygens (including phenoxy) is 3. The number of rotatable bonds is 7. The number of nitrogens with zero attached hydrogens (tertiary/aromatic N) is 3. The van der Waals surface area contributed by atoms with Crippen LogP contribution in [0.1, 0.15) is 45.7 Å². The summed E-state index contributed by atoms with van der Waals surface area (Å²) < 4.78 is 15.7. The van der Waals surface area contributed by atoms with Crippen LogP contribution < -0.4 is 14.8 Å². The Kier molecular flexibility index (Phi) is 6.92. The molecule has 1 unspecified atom stereocenters. The fourth-order valence-electron chi connectivity index (χ4n) is 2.48. The first-order valence-corrected chi connectivity index (χ1v) is 8.95. The predicted octanol–water partition coefficient (Wildman–Crippen LogP) is 4.16. The predicted molar refractivity (Wildman–Crippen MR) is 104 cm³/mol. The fraction of sp³-hybridized carbons (Fsp3) is 0.421. The third kappa shape index (κ3) is 6.03. The summed E-state index contributed by atoms with van der Waals surface area (Å²) in [4.78, 5) is 30.2. The zero-order valence-electron chi connectivity index (χ0n) is 17.0. The molecular formula is C19H24N4O6. The number of hydrogen-bond donors (Lipinski definition) is 1. The molecule has 0 radical (unpaired) electrons. The SMILES string of the molecule is CCC(NC(=O)OC(C)(C)C)c1ccc(Oc2ncnc(OC)c2[N+](=O)[O-])cc1. The Morgan fingerprint density at radius 2 is 1.83 bits per heavy atom. The average molecular weight is 404 g/mol. The molecule has 0 saturated carbocycles. The van der Waals surface area contributed by atoms with Crippen molar-refractivity contribution in [3.05, 3.63) is 46.3 Å². The van der Waals surface area contributed by atoms with E-state index in [0.717, 1.165) is 11.9 Å². The lowest BCUT2D eigenvalue weighted by atomic mass is 10.0. The lowest BCUT2D eigenvalue weighted by Gasteiger charge is -2.23. The maximum Gasteiger partial charge on any atom is 0.408 e. The summed E-state index contributed by atoms with van der Waals surface area (Å²) in [6.45, 7) is 7.31. The molecule has 10 heteroatoms. The van der Waals surface area contributed by atoms with Gasteiger partial charge < -0.3 is 19.5 Å². The maximum atomic E-state index is 12.0. The second-order valence-electron chi connectivity index (χ2n) is 7.07. The van der Waals surface area contributed by atoms with Crippen molar-refractivity contribution in [2.75, 3.05) is 7.11 Å². The Morgan fingerprint density at radius 3 is 2.34 bits per heavy atom. The van der Waals surface area contributed by atoms with Crippen LogP contribution in [0.25, 0.3) is 0 Å². The van der Waals surface area contributed by atoms with Crippen LogP contribution in [0.4, 0.5) is 10.5 Å². The van der Waals surface area contributed by atoms with Gasteiger partial charge in [0.05, 0.1) is 18.1 Å². The van der Waals surface area contributed by atoms with Crippen LogP contribution in [0.2, 0.25) is 0 Å². The van der Waals surface area contributed by atoms with Crippen molar-refractivity contribution >= 4 is 11.8 Å². The number of alkyl carbamates (subject to hydrolysis) is 1. The van der Waals surface area contributed by atoms with Gasteiger partial charge in [-0.25, -0.2) is 4.79 Å². The molecule has 1 aromatic heterocycles. The van der Waals surface area contributed by atoms with Crippen molar-refractivity contribution in [3.63, 3.8) is 0 Å².